The first-order chi connectivity index (χ1) is 10.9. The second-order valence-corrected chi connectivity index (χ2v) is 8.40. The van der Waals surface area contributed by atoms with E-state index < -0.39 is 10.0 Å². The summed E-state index contributed by atoms with van der Waals surface area (Å²) in [6.45, 7) is 5.24. The fraction of sp³-hybridized carbons (Fsp3) is 0.412. The van der Waals surface area contributed by atoms with Gasteiger partial charge in [-0.05, 0) is 46.0 Å². The average molecular weight is 354 g/mol. The van der Waals surface area contributed by atoms with Gasteiger partial charge in [0.05, 0.1) is 11.5 Å². The first-order valence-electron chi connectivity index (χ1n) is 7.55. The van der Waals surface area contributed by atoms with Crippen molar-refractivity contribution in [3.63, 3.8) is 0 Å². The summed E-state index contributed by atoms with van der Waals surface area (Å²) in [5.41, 5.74) is 2.12. The van der Waals surface area contributed by atoms with Crippen LogP contribution in [0.15, 0.2) is 46.0 Å². The smallest absolute Gasteiger partial charge is 0.243 e. The van der Waals surface area contributed by atoms with Crippen LogP contribution in [0.3, 0.4) is 0 Å². The molecule has 0 aliphatic rings. The summed E-state index contributed by atoms with van der Waals surface area (Å²) in [6, 6.07) is 9.10. The Balaban J connectivity index is 2.26. The fourth-order valence-corrected chi connectivity index (χ4v) is 4.31. The van der Waals surface area contributed by atoms with Gasteiger partial charge in [0.15, 0.2) is 0 Å². The molecule has 2 rings (SSSR count). The van der Waals surface area contributed by atoms with Crippen LogP contribution in [0.2, 0.25) is 0 Å². The first kappa shape index (κ1) is 18.1. The second kappa shape index (κ2) is 8.06. The molecule has 0 aliphatic heterocycles. The van der Waals surface area contributed by atoms with Crippen LogP contribution in [-0.4, -0.2) is 33.0 Å². The van der Waals surface area contributed by atoms with Gasteiger partial charge in [0.2, 0.25) is 10.0 Å². The van der Waals surface area contributed by atoms with Crippen molar-refractivity contribution < 1.29 is 13.2 Å². The average Bonchev–Trinajstić information content (AvgIpc) is 3.04. The van der Waals surface area contributed by atoms with E-state index in [-0.39, 0.29) is 0 Å². The Hall–Kier alpha value is -1.21. The lowest BCUT2D eigenvalue weighted by atomic mass is 10.0. The largest absolute Gasteiger partial charge is 0.383 e. The number of sulfonamides is 1. The molecule has 1 aromatic heterocycles. The van der Waals surface area contributed by atoms with Crippen LogP contribution in [0.25, 0.3) is 0 Å². The highest BCUT2D eigenvalue weighted by Crippen LogP contribution is 2.22. The third kappa shape index (κ3) is 4.64. The molecule has 2 aromatic rings. The van der Waals surface area contributed by atoms with Gasteiger partial charge in [-0.3, -0.25) is 0 Å². The number of ether oxygens (including phenoxy) is 1. The highest BCUT2D eigenvalue weighted by molar-refractivity contribution is 7.89. The van der Waals surface area contributed by atoms with E-state index in [0.717, 1.165) is 11.1 Å². The van der Waals surface area contributed by atoms with Crippen LogP contribution in [0, 0.1) is 0 Å². The van der Waals surface area contributed by atoms with Gasteiger partial charge in [0, 0.05) is 20.2 Å². The van der Waals surface area contributed by atoms with E-state index >= 15 is 0 Å². The summed E-state index contributed by atoms with van der Waals surface area (Å²) >= 11 is 1.56. The summed E-state index contributed by atoms with van der Waals surface area (Å²) in [5.74, 6) is 0.377. The van der Waals surface area contributed by atoms with Crippen LogP contribution in [0.4, 0.5) is 0 Å². The Bertz CT molecular complexity index is 692. The summed E-state index contributed by atoms with van der Waals surface area (Å²) in [4.78, 5) is 0.327. The molecule has 1 heterocycles. The molecule has 0 saturated heterocycles. The molecule has 0 amide bonds. The normalized spacial score (nSPS) is 12.2. The molecule has 0 spiro atoms. The van der Waals surface area contributed by atoms with Crippen LogP contribution < -0.4 is 0 Å². The lowest BCUT2D eigenvalue weighted by molar-refractivity contribution is 0.177. The lowest BCUT2D eigenvalue weighted by Crippen LogP contribution is -2.33. The molecular weight excluding hydrogens is 330 g/mol. The van der Waals surface area contributed by atoms with Gasteiger partial charge in [0.1, 0.15) is 0 Å². The number of hydrogen-bond donors (Lipinski definition) is 0. The molecule has 4 nitrogen and oxygen atoms in total. The highest BCUT2D eigenvalue weighted by atomic mass is 32.2. The SMILES string of the molecule is COCCN(Cc1ccsc1)S(=O)(=O)c1ccc(C(C)C)cc1. The van der Waals surface area contributed by atoms with Gasteiger partial charge in [0.25, 0.3) is 0 Å². The van der Waals surface area contributed by atoms with Crippen molar-refractivity contribution >= 4 is 21.4 Å². The van der Waals surface area contributed by atoms with Gasteiger partial charge >= 0.3 is 0 Å². The summed E-state index contributed by atoms with van der Waals surface area (Å²) in [5, 5.41) is 3.92. The zero-order chi connectivity index (χ0) is 16.9. The van der Waals surface area contributed by atoms with Crippen molar-refractivity contribution in [3.05, 3.63) is 52.2 Å². The Morgan fingerprint density at radius 3 is 2.39 bits per heavy atom. The number of hydrogen-bond acceptors (Lipinski definition) is 4. The van der Waals surface area contributed by atoms with Gasteiger partial charge in [-0.2, -0.15) is 15.6 Å². The van der Waals surface area contributed by atoms with Crippen LogP contribution in [0.5, 0.6) is 0 Å². The van der Waals surface area contributed by atoms with E-state index in [4.69, 9.17) is 4.74 Å². The van der Waals surface area contributed by atoms with Crippen LogP contribution in [0.1, 0.15) is 30.9 Å². The zero-order valence-electron chi connectivity index (χ0n) is 13.7. The standard InChI is InChI=1S/C17H23NO3S2/c1-14(2)16-4-6-17(7-5-16)23(19,20)18(9-10-21-3)12-15-8-11-22-13-15/h4-8,11,13-14H,9-10,12H2,1-3H3. The van der Waals surface area contributed by atoms with Crippen molar-refractivity contribution in [2.24, 2.45) is 0 Å². The van der Waals surface area contributed by atoms with Crippen LogP contribution >= 0.6 is 11.3 Å². The van der Waals surface area contributed by atoms with Gasteiger partial charge in [-0.25, -0.2) is 8.42 Å². The molecular formula is C17H23NO3S2. The van der Waals surface area contributed by atoms with Crippen molar-refractivity contribution in [2.45, 2.75) is 31.2 Å². The van der Waals surface area contributed by atoms with Gasteiger partial charge < -0.3 is 4.74 Å². The maximum Gasteiger partial charge on any atom is 0.243 e. The zero-order valence-corrected chi connectivity index (χ0v) is 15.4. The molecule has 0 aliphatic carbocycles. The van der Waals surface area contributed by atoms with Crippen LogP contribution in [-0.2, 0) is 21.3 Å². The predicted octanol–water partition coefficient (Wildman–Crippen LogP) is 3.71. The quantitative estimate of drug-likeness (QED) is 0.727. The lowest BCUT2D eigenvalue weighted by Gasteiger charge is -2.22. The molecule has 0 unspecified atom stereocenters. The Morgan fingerprint density at radius 2 is 1.87 bits per heavy atom. The van der Waals surface area contributed by atoms with Crippen molar-refractivity contribution in [3.8, 4) is 0 Å². The molecule has 23 heavy (non-hydrogen) atoms. The molecule has 0 bridgehead atoms. The third-order valence-corrected chi connectivity index (χ3v) is 6.26. The van der Waals surface area contributed by atoms with E-state index in [9.17, 15) is 8.42 Å². The number of nitrogens with zero attached hydrogens (tertiary/aromatic N) is 1. The topological polar surface area (TPSA) is 46.6 Å². The molecule has 0 fully saturated rings. The first-order valence-corrected chi connectivity index (χ1v) is 9.93. The van der Waals surface area contributed by atoms with E-state index in [1.807, 2.05) is 29.0 Å². The number of rotatable bonds is 8. The Labute approximate surface area is 142 Å². The molecule has 0 radical (unpaired) electrons. The van der Waals surface area contributed by atoms with Crippen molar-refractivity contribution in [1.29, 1.82) is 0 Å². The highest BCUT2D eigenvalue weighted by Gasteiger charge is 2.24. The van der Waals surface area contributed by atoms with E-state index in [0.29, 0.717) is 30.5 Å². The van der Waals surface area contributed by atoms with Crippen molar-refractivity contribution in [2.75, 3.05) is 20.3 Å². The maximum absolute atomic E-state index is 12.9. The molecule has 1 aromatic carbocycles. The second-order valence-electron chi connectivity index (χ2n) is 5.69. The monoisotopic (exact) mass is 353 g/mol. The summed E-state index contributed by atoms with van der Waals surface area (Å²) in [7, 11) is -1.96. The number of benzene rings is 1. The molecule has 126 valence electrons. The van der Waals surface area contributed by atoms with Crippen molar-refractivity contribution in [1.82, 2.24) is 4.31 Å². The summed E-state index contributed by atoms with van der Waals surface area (Å²) < 4.78 is 32.4. The fourth-order valence-electron chi connectivity index (χ4n) is 2.24. The minimum absolute atomic E-state index is 0.327. The van der Waals surface area contributed by atoms with E-state index in [1.54, 1.807) is 30.6 Å². The summed E-state index contributed by atoms with van der Waals surface area (Å²) in [6.07, 6.45) is 0. The van der Waals surface area contributed by atoms with E-state index in [1.165, 1.54) is 4.31 Å². The predicted molar refractivity (Wildman–Crippen MR) is 94.3 cm³/mol. The number of thiophene rings is 1. The molecule has 0 N–H and O–H groups in total. The molecule has 6 heteroatoms. The minimum Gasteiger partial charge on any atom is -0.383 e. The minimum atomic E-state index is -3.53. The Morgan fingerprint density at radius 1 is 1.17 bits per heavy atom. The van der Waals surface area contributed by atoms with Gasteiger partial charge in [-0.1, -0.05) is 26.0 Å². The number of methoxy groups -OCH3 is 1. The third-order valence-electron chi connectivity index (χ3n) is 3.67. The maximum atomic E-state index is 12.9. The molecule has 0 atom stereocenters. The van der Waals surface area contributed by atoms with Gasteiger partial charge in [-0.15, -0.1) is 0 Å². The van der Waals surface area contributed by atoms with E-state index in [2.05, 4.69) is 13.8 Å². The molecule has 0 saturated carbocycles. The Kier molecular flexibility index (Phi) is 6.35.